The first-order valence-electron chi connectivity index (χ1n) is 6.66. The molecule has 0 saturated heterocycles. The molecule has 0 heterocycles. The number of rotatable bonds is 7. The molecule has 0 rings (SSSR count). The standard InChI is InChI=1S/C13H28N2O3S/c1-8-11(12(16)14-10(2)3)9-13(4,5)15(6)19(7,17)18/h10-11H,8-9H2,1-7H3,(H,14,16). The van der Waals surface area contributed by atoms with Crippen LogP contribution in [0.5, 0.6) is 0 Å². The van der Waals surface area contributed by atoms with E-state index in [2.05, 4.69) is 5.32 Å². The highest BCUT2D eigenvalue weighted by molar-refractivity contribution is 7.88. The van der Waals surface area contributed by atoms with Crippen molar-refractivity contribution < 1.29 is 13.2 Å². The first kappa shape index (κ1) is 18.4. The average molecular weight is 292 g/mol. The number of nitrogens with one attached hydrogen (secondary N) is 1. The van der Waals surface area contributed by atoms with Crippen LogP contribution < -0.4 is 5.32 Å². The molecule has 6 heteroatoms. The van der Waals surface area contributed by atoms with Crippen molar-refractivity contribution in [2.45, 2.75) is 59.0 Å². The molecule has 0 radical (unpaired) electrons. The zero-order valence-corrected chi connectivity index (χ0v) is 14.0. The Morgan fingerprint density at radius 1 is 1.32 bits per heavy atom. The Morgan fingerprint density at radius 2 is 1.79 bits per heavy atom. The molecule has 0 aromatic rings. The molecule has 114 valence electrons. The van der Waals surface area contributed by atoms with Gasteiger partial charge in [-0.25, -0.2) is 8.42 Å². The highest BCUT2D eigenvalue weighted by Gasteiger charge is 2.34. The quantitative estimate of drug-likeness (QED) is 0.775. The summed E-state index contributed by atoms with van der Waals surface area (Å²) < 4.78 is 24.6. The summed E-state index contributed by atoms with van der Waals surface area (Å²) in [5.74, 6) is -0.186. The van der Waals surface area contributed by atoms with Gasteiger partial charge in [-0.1, -0.05) is 6.92 Å². The molecule has 0 aliphatic carbocycles. The third-order valence-corrected chi connectivity index (χ3v) is 4.88. The third kappa shape index (κ3) is 5.91. The van der Waals surface area contributed by atoms with Gasteiger partial charge in [-0.2, -0.15) is 4.31 Å². The number of carbonyl (C=O) groups excluding carboxylic acids is 1. The fourth-order valence-electron chi connectivity index (χ4n) is 2.01. The van der Waals surface area contributed by atoms with E-state index in [1.54, 1.807) is 7.05 Å². The van der Waals surface area contributed by atoms with Crippen LogP contribution in [0.4, 0.5) is 0 Å². The van der Waals surface area contributed by atoms with Gasteiger partial charge in [0.2, 0.25) is 15.9 Å². The molecule has 0 spiro atoms. The van der Waals surface area contributed by atoms with Crippen molar-refractivity contribution >= 4 is 15.9 Å². The van der Waals surface area contributed by atoms with Crippen LogP contribution in [0.25, 0.3) is 0 Å². The monoisotopic (exact) mass is 292 g/mol. The highest BCUT2D eigenvalue weighted by Crippen LogP contribution is 2.26. The molecule has 0 bridgehead atoms. The van der Waals surface area contributed by atoms with E-state index in [1.807, 2.05) is 34.6 Å². The van der Waals surface area contributed by atoms with Crippen LogP contribution in [-0.2, 0) is 14.8 Å². The summed E-state index contributed by atoms with van der Waals surface area (Å²) in [5, 5.41) is 2.89. The summed E-state index contributed by atoms with van der Waals surface area (Å²) in [6.07, 6.45) is 2.38. The van der Waals surface area contributed by atoms with Gasteiger partial charge in [0.15, 0.2) is 0 Å². The second-order valence-corrected chi connectivity index (χ2v) is 8.03. The Labute approximate surface area is 117 Å². The first-order chi connectivity index (χ1) is 8.41. The lowest BCUT2D eigenvalue weighted by molar-refractivity contribution is -0.126. The zero-order valence-electron chi connectivity index (χ0n) is 13.1. The fourth-order valence-corrected chi connectivity index (χ4v) is 2.98. The Balaban J connectivity index is 4.92. The molecule has 1 atom stereocenters. The number of hydrogen-bond acceptors (Lipinski definition) is 3. The van der Waals surface area contributed by atoms with Crippen molar-refractivity contribution in [3.8, 4) is 0 Å². The highest BCUT2D eigenvalue weighted by atomic mass is 32.2. The van der Waals surface area contributed by atoms with Gasteiger partial charge in [-0.05, 0) is 40.5 Å². The van der Waals surface area contributed by atoms with Crippen LogP contribution in [0, 0.1) is 5.92 Å². The molecule has 0 fully saturated rings. The normalized spacial score (nSPS) is 14.8. The number of amides is 1. The average Bonchev–Trinajstić information content (AvgIpc) is 2.22. The second kappa shape index (κ2) is 6.70. The van der Waals surface area contributed by atoms with Crippen LogP contribution >= 0.6 is 0 Å². The van der Waals surface area contributed by atoms with E-state index < -0.39 is 15.6 Å². The van der Waals surface area contributed by atoms with Gasteiger partial charge in [0.1, 0.15) is 0 Å². The van der Waals surface area contributed by atoms with Crippen molar-refractivity contribution in [2.75, 3.05) is 13.3 Å². The molecule has 0 saturated carbocycles. The van der Waals surface area contributed by atoms with Crippen LogP contribution in [0.3, 0.4) is 0 Å². The topological polar surface area (TPSA) is 66.5 Å². The molecule has 1 N–H and O–H groups in total. The van der Waals surface area contributed by atoms with Crippen LogP contribution in [0.15, 0.2) is 0 Å². The van der Waals surface area contributed by atoms with E-state index in [1.165, 1.54) is 10.6 Å². The van der Waals surface area contributed by atoms with E-state index >= 15 is 0 Å². The molecule has 19 heavy (non-hydrogen) atoms. The van der Waals surface area contributed by atoms with Gasteiger partial charge in [0, 0.05) is 24.5 Å². The molecular formula is C13H28N2O3S. The molecule has 1 amide bonds. The Morgan fingerprint density at radius 3 is 2.11 bits per heavy atom. The number of sulfonamides is 1. The Hall–Kier alpha value is -0.620. The van der Waals surface area contributed by atoms with E-state index in [9.17, 15) is 13.2 Å². The minimum Gasteiger partial charge on any atom is -0.354 e. The van der Waals surface area contributed by atoms with Crippen LogP contribution in [0.2, 0.25) is 0 Å². The largest absolute Gasteiger partial charge is 0.354 e. The van der Waals surface area contributed by atoms with Gasteiger partial charge in [0.25, 0.3) is 0 Å². The van der Waals surface area contributed by atoms with E-state index in [4.69, 9.17) is 0 Å². The van der Waals surface area contributed by atoms with Crippen LogP contribution in [0.1, 0.15) is 47.5 Å². The Bertz CT molecular complexity index is 402. The minimum absolute atomic E-state index is 0.00697. The van der Waals surface area contributed by atoms with Crippen molar-refractivity contribution in [2.24, 2.45) is 5.92 Å². The molecular weight excluding hydrogens is 264 g/mol. The lowest BCUT2D eigenvalue weighted by Crippen LogP contribution is -2.48. The van der Waals surface area contributed by atoms with Crippen molar-refractivity contribution in [1.29, 1.82) is 0 Å². The summed E-state index contributed by atoms with van der Waals surface area (Å²) in [4.78, 5) is 12.1. The SMILES string of the molecule is CCC(CC(C)(C)N(C)S(C)(=O)=O)C(=O)NC(C)C. The Kier molecular flexibility index (Phi) is 6.48. The maximum absolute atomic E-state index is 12.1. The smallest absolute Gasteiger partial charge is 0.223 e. The van der Waals surface area contributed by atoms with Gasteiger partial charge >= 0.3 is 0 Å². The van der Waals surface area contributed by atoms with E-state index in [0.717, 1.165) is 0 Å². The fraction of sp³-hybridized carbons (Fsp3) is 0.923. The molecule has 0 aromatic heterocycles. The number of carbonyl (C=O) groups is 1. The van der Waals surface area contributed by atoms with Gasteiger partial charge in [-0.3, -0.25) is 4.79 Å². The van der Waals surface area contributed by atoms with Gasteiger partial charge in [0.05, 0.1) is 6.26 Å². The number of hydrogen-bond donors (Lipinski definition) is 1. The molecule has 1 unspecified atom stereocenters. The minimum atomic E-state index is -3.26. The van der Waals surface area contributed by atoms with E-state index in [-0.39, 0.29) is 17.9 Å². The summed E-state index contributed by atoms with van der Waals surface area (Å²) in [6.45, 7) is 9.47. The second-order valence-electron chi connectivity index (χ2n) is 6.02. The first-order valence-corrected chi connectivity index (χ1v) is 8.51. The maximum Gasteiger partial charge on any atom is 0.223 e. The van der Waals surface area contributed by atoms with Crippen molar-refractivity contribution in [3.05, 3.63) is 0 Å². The molecule has 0 aliphatic rings. The van der Waals surface area contributed by atoms with Crippen LogP contribution in [-0.4, -0.2) is 43.5 Å². The maximum atomic E-state index is 12.1. The molecule has 5 nitrogen and oxygen atoms in total. The molecule has 0 aromatic carbocycles. The lowest BCUT2D eigenvalue weighted by atomic mass is 9.88. The zero-order chi connectivity index (χ0) is 15.4. The lowest BCUT2D eigenvalue weighted by Gasteiger charge is -2.36. The predicted octanol–water partition coefficient (Wildman–Crippen LogP) is 1.60. The summed E-state index contributed by atoms with van der Waals surface area (Å²) in [7, 11) is -1.70. The van der Waals surface area contributed by atoms with Gasteiger partial charge < -0.3 is 5.32 Å². The summed E-state index contributed by atoms with van der Waals surface area (Å²) >= 11 is 0. The molecule has 0 aliphatic heterocycles. The van der Waals surface area contributed by atoms with Crippen molar-refractivity contribution in [3.63, 3.8) is 0 Å². The number of nitrogens with zero attached hydrogens (tertiary/aromatic N) is 1. The van der Waals surface area contributed by atoms with E-state index in [0.29, 0.717) is 12.8 Å². The summed E-state index contributed by atoms with van der Waals surface area (Å²) in [5.41, 5.74) is -0.581. The van der Waals surface area contributed by atoms with Crippen molar-refractivity contribution in [1.82, 2.24) is 9.62 Å². The van der Waals surface area contributed by atoms with Gasteiger partial charge in [-0.15, -0.1) is 0 Å². The summed E-state index contributed by atoms with van der Waals surface area (Å²) in [6, 6.07) is 0.0947. The predicted molar refractivity (Wildman–Crippen MR) is 78.4 cm³/mol. The third-order valence-electron chi connectivity index (χ3n) is 3.39.